The van der Waals surface area contributed by atoms with Crippen molar-refractivity contribution < 1.29 is 14.6 Å². The molecular weight excluding hydrogens is 276 g/mol. The first-order chi connectivity index (χ1) is 10.7. The van der Waals surface area contributed by atoms with E-state index in [2.05, 4.69) is 13.5 Å². The summed E-state index contributed by atoms with van der Waals surface area (Å²) in [7, 11) is 0. The van der Waals surface area contributed by atoms with Crippen molar-refractivity contribution in [3.8, 4) is 0 Å². The lowest BCUT2D eigenvalue weighted by Crippen LogP contribution is -2.07. The molecule has 0 rings (SSSR count). The molecule has 0 atom stereocenters. The average Bonchev–Trinajstić information content (AvgIpc) is 2.50. The fourth-order valence-corrected chi connectivity index (χ4v) is 2.54. The summed E-state index contributed by atoms with van der Waals surface area (Å²) in [4.78, 5) is 10.9. The van der Waals surface area contributed by atoms with Crippen LogP contribution >= 0.6 is 0 Å². The minimum atomic E-state index is -0.699. The number of unbranched alkanes of at least 4 members (excludes halogenated alkanes) is 13. The van der Waals surface area contributed by atoms with E-state index in [1.807, 2.05) is 0 Å². The van der Waals surface area contributed by atoms with Gasteiger partial charge in [0.2, 0.25) is 0 Å². The van der Waals surface area contributed by atoms with E-state index in [4.69, 9.17) is 9.84 Å². The molecule has 0 amide bonds. The van der Waals surface area contributed by atoms with Gasteiger partial charge in [0.05, 0.1) is 6.61 Å². The Hall–Kier alpha value is -0.990. The van der Waals surface area contributed by atoms with Crippen LogP contribution in [0.1, 0.15) is 96.8 Å². The first kappa shape index (κ1) is 21.0. The van der Waals surface area contributed by atoms with Gasteiger partial charge in [0.1, 0.15) is 0 Å². The maximum absolute atomic E-state index is 10.9. The molecule has 0 fully saturated rings. The minimum Gasteiger partial charge on any atom is -0.502 e. The second kappa shape index (κ2) is 16.4. The third kappa shape index (κ3) is 15.4. The number of carbonyl (C=O) groups is 1. The standard InChI is InChI=1S/C19H36O3/c1-3-4-5-6-7-8-9-10-11-12-13-14-15-16-17-22-19(21)18(2)20/h20H,2-17H2,1H3. The molecule has 0 saturated carbocycles. The Bertz CT molecular complexity index is 274. The van der Waals surface area contributed by atoms with Gasteiger partial charge >= 0.3 is 5.97 Å². The van der Waals surface area contributed by atoms with Gasteiger partial charge in [-0.05, 0) is 13.0 Å². The summed E-state index contributed by atoms with van der Waals surface area (Å²) >= 11 is 0. The third-order valence-corrected chi connectivity index (χ3v) is 3.97. The Morgan fingerprint density at radius 3 is 1.50 bits per heavy atom. The normalized spacial score (nSPS) is 10.6. The SMILES string of the molecule is C=C(O)C(=O)OCCCCCCCCCCCCCCCC. The largest absolute Gasteiger partial charge is 0.502 e. The maximum atomic E-state index is 10.9. The minimum absolute atomic E-state index is 0.385. The summed E-state index contributed by atoms with van der Waals surface area (Å²) in [6.07, 6.45) is 18.3. The van der Waals surface area contributed by atoms with E-state index < -0.39 is 11.7 Å². The van der Waals surface area contributed by atoms with Crippen LogP contribution in [0.3, 0.4) is 0 Å². The summed E-state index contributed by atoms with van der Waals surface area (Å²) in [5, 5.41) is 8.77. The van der Waals surface area contributed by atoms with Gasteiger partial charge in [0.15, 0.2) is 5.76 Å². The molecule has 0 aliphatic rings. The van der Waals surface area contributed by atoms with Crippen LogP contribution in [-0.2, 0) is 9.53 Å². The third-order valence-electron chi connectivity index (χ3n) is 3.97. The zero-order chi connectivity index (χ0) is 16.5. The second-order valence-corrected chi connectivity index (χ2v) is 6.18. The molecule has 3 heteroatoms. The van der Waals surface area contributed by atoms with E-state index in [0.717, 1.165) is 12.8 Å². The van der Waals surface area contributed by atoms with Crippen molar-refractivity contribution in [2.75, 3.05) is 6.61 Å². The highest BCUT2D eigenvalue weighted by molar-refractivity contribution is 5.84. The van der Waals surface area contributed by atoms with Gasteiger partial charge in [-0.1, -0.05) is 90.4 Å². The summed E-state index contributed by atoms with van der Waals surface area (Å²) < 4.78 is 4.82. The van der Waals surface area contributed by atoms with E-state index in [0.29, 0.717) is 6.61 Å². The summed E-state index contributed by atoms with van der Waals surface area (Å²) in [5.74, 6) is -1.21. The van der Waals surface area contributed by atoms with Crippen molar-refractivity contribution in [3.05, 3.63) is 12.3 Å². The number of ether oxygens (including phenoxy) is 1. The number of rotatable bonds is 16. The molecule has 130 valence electrons. The summed E-state index contributed by atoms with van der Waals surface area (Å²) in [6.45, 7) is 5.77. The van der Waals surface area contributed by atoms with Crippen LogP contribution in [0.5, 0.6) is 0 Å². The molecule has 0 spiro atoms. The van der Waals surface area contributed by atoms with Gasteiger partial charge in [-0.3, -0.25) is 0 Å². The van der Waals surface area contributed by atoms with Crippen LogP contribution in [0, 0.1) is 0 Å². The lowest BCUT2D eigenvalue weighted by molar-refractivity contribution is -0.142. The smallest absolute Gasteiger partial charge is 0.372 e. The van der Waals surface area contributed by atoms with Gasteiger partial charge < -0.3 is 9.84 Å². The fourth-order valence-electron chi connectivity index (χ4n) is 2.54. The zero-order valence-corrected chi connectivity index (χ0v) is 14.6. The van der Waals surface area contributed by atoms with Crippen molar-refractivity contribution in [2.24, 2.45) is 0 Å². The quantitative estimate of drug-likeness (QED) is 0.162. The monoisotopic (exact) mass is 312 g/mol. The van der Waals surface area contributed by atoms with E-state index in [1.54, 1.807) is 0 Å². The predicted octanol–water partition coefficient (Wildman–Crippen LogP) is 6.08. The van der Waals surface area contributed by atoms with E-state index in [1.165, 1.54) is 77.0 Å². The summed E-state index contributed by atoms with van der Waals surface area (Å²) in [6, 6.07) is 0. The van der Waals surface area contributed by atoms with Gasteiger partial charge in [0.25, 0.3) is 0 Å². The van der Waals surface area contributed by atoms with Gasteiger partial charge in [0, 0.05) is 0 Å². The van der Waals surface area contributed by atoms with E-state index in [-0.39, 0.29) is 0 Å². The van der Waals surface area contributed by atoms with E-state index in [9.17, 15) is 4.79 Å². The van der Waals surface area contributed by atoms with Crippen LogP contribution in [0.4, 0.5) is 0 Å². The number of hydrogen-bond donors (Lipinski definition) is 1. The number of aliphatic hydroxyl groups is 1. The second-order valence-electron chi connectivity index (χ2n) is 6.18. The lowest BCUT2D eigenvalue weighted by atomic mass is 10.0. The Morgan fingerprint density at radius 1 is 0.773 bits per heavy atom. The highest BCUT2D eigenvalue weighted by Crippen LogP contribution is 2.12. The molecule has 0 saturated heterocycles. The van der Waals surface area contributed by atoms with Crippen LogP contribution in [0.15, 0.2) is 12.3 Å². The molecule has 1 N–H and O–H groups in total. The van der Waals surface area contributed by atoms with Crippen molar-refractivity contribution in [3.63, 3.8) is 0 Å². The van der Waals surface area contributed by atoms with Crippen LogP contribution < -0.4 is 0 Å². The topological polar surface area (TPSA) is 46.5 Å². The first-order valence-electron chi connectivity index (χ1n) is 9.23. The Kier molecular flexibility index (Phi) is 15.6. The molecule has 0 aliphatic heterocycles. The zero-order valence-electron chi connectivity index (χ0n) is 14.6. The molecule has 0 aromatic heterocycles. The van der Waals surface area contributed by atoms with Crippen molar-refractivity contribution >= 4 is 5.97 Å². The first-order valence-corrected chi connectivity index (χ1v) is 9.23. The van der Waals surface area contributed by atoms with Crippen molar-refractivity contribution in [1.29, 1.82) is 0 Å². The maximum Gasteiger partial charge on any atom is 0.372 e. The molecule has 0 aromatic rings. The fraction of sp³-hybridized carbons (Fsp3) is 0.842. The summed E-state index contributed by atoms with van der Waals surface area (Å²) in [5.41, 5.74) is 0. The Balaban J connectivity index is 3.05. The van der Waals surface area contributed by atoms with Crippen LogP contribution in [0.25, 0.3) is 0 Å². The Morgan fingerprint density at radius 2 is 1.14 bits per heavy atom. The molecule has 0 unspecified atom stereocenters. The van der Waals surface area contributed by atoms with Crippen molar-refractivity contribution in [1.82, 2.24) is 0 Å². The lowest BCUT2D eigenvalue weighted by Gasteiger charge is -2.04. The van der Waals surface area contributed by atoms with Gasteiger partial charge in [-0.15, -0.1) is 0 Å². The van der Waals surface area contributed by atoms with Crippen molar-refractivity contribution in [2.45, 2.75) is 96.8 Å². The molecule has 22 heavy (non-hydrogen) atoms. The Labute approximate surface area is 137 Å². The highest BCUT2D eigenvalue weighted by Gasteiger charge is 2.04. The number of carbonyl (C=O) groups excluding carboxylic acids is 1. The number of esters is 1. The average molecular weight is 312 g/mol. The predicted molar refractivity (Wildman–Crippen MR) is 93.0 cm³/mol. The number of hydrogen-bond acceptors (Lipinski definition) is 3. The molecule has 0 radical (unpaired) electrons. The van der Waals surface area contributed by atoms with Crippen LogP contribution in [0.2, 0.25) is 0 Å². The molecule has 0 aliphatic carbocycles. The highest BCUT2D eigenvalue weighted by atomic mass is 16.5. The molecule has 0 heterocycles. The molecular formula is C19H36O3. The van der Waals surface area contributed by atoms with E-state index >= 15 is 0 Å². The van der Waals surface area contributed by atoms with Crippen LogP contribution in [-0.4, -0.2) is 17.7 Å². The van der Waals surface area contributed by atoms with Gasteiger partial charge in [-0.2, -0.15) is 0 Å². The molecule has 3 nitrogen and oxygen atoms in total. The molecule has 0 aromatic carbocycles. The van der Waals surface area contributed by atoms with Gasteiger partial charge in [-0.25, -0.2) is 4.79 Å². The molecule has 0 bridgehead atoms. The number of aliphatic hydroxyl groups excluding tert-OH is 1.